The number of rotatable bonds is 3. The average Bonchev–Trinajstić information content (AvgIpc) is 1.98. The van der Waals surface area contributed by atoms with Crippen LogP contribution in [0.3, 0.4) is 0 Å². The minimum absolute atomic E-state index is 0.0314. The van der Waals surface area contributed by atoms with Crippen molar-refractivity contribution in [3.63, 3.8) is 0 Å². The van der Waals surface area contributed by atoms with Crippen LogP contribution in [0.5, 0.6) is 0 Å². The maximum Gasteiger partial charge on any atom is 0.334 e. The fourth-order valence-electron chi connectivity index (χ4n) is 1.04. The molecule has 0 amide bonds. The molecule has 0 spiro atoms. The summed E-state index contributed by atoms with van der Waals surface area (Å²) < 4.78 is 4.57. The van der Waals surface area contributed by atoms with Crippen molar-refractivity contribution in [3.8, 4) is 0 Å². The molecule has 1 unspecified atom stereocenters. The predicted octanol–water partition coefficient (Wildman–Crippen LogP) is 1.49. The molecule has 1 N–H and O–H groups in total. The first kappa shape index (κ1) is 12.2. The van der Waals surface area contributed by atoms with Gasteiger partial charge in [0.05, 0.1) is 7.11 Å². The molecule has 3 heteroatoms. The van der Waals surface area contributed by atoms with Crippen molar-refractivity contribution in [1.29, 1.82) is 0 Å². The molecule has 0 fully saturated rings. The first-order valence-corrected chi connectivity index (χ1v) is 4.32. The summed E-state index contributed by atoms with van der Waals surface area (Å²) in [5.41, 5.74) is 0.425. The zero-order chi connectivity index (χ0) is 10.6. The highest BCUT2D eigenvalue weighted by molar-refractivity contribution is 5.88. The molecule has 76 valence electrons. The first-order valence-electron chi connectivity index (χ1n) is 4.32. The summed E-state index contributed by atoms with van der Waals surface area (Å²) in [6.45, 7) is 11.7. The predicted molar refractivity (Wildman–Crippen MR) is 53.5 cm³/mol. The number of carbonyl (C=O) groups excluding carboxylic acids is 1. The second-order valence-corrected chi connectivity index (χ2v) is 4.13. The third kappa shape index (κ3) is 4.68. The van der Waals surface area contributed by atoms with Crippen LogP contribution in [-0.4, -0.2) is 24.7 Å². The van der Waals surface area contributed by atoms with E-state index in [1.807, 2.05) is 27.7 Å². The minimum atomic E-state index is -0.357. The van der Waals surface area contributed by atoms with Crippen molar-refractivity contribution >= 4 is 5.97 Å². The van der Waals surface area contributed by atoms with Gasteiger partial charge in [0, 0.05) is 17.2 Å². The Hall–Kier alpha value is -0.830. The summed E-state index contributed by atoms with van der Waals surface area (Å²) in [6.07, 6.45) is 0. The summed E-state index contributed by atoms with van der Waals surface area (Å²) in [5, 5.41) is 3.23. The third-order valence-electron chi connectivity index (χ3n) is 1.62. The number of hydrogen-bond acceptors (Lipinski definition) is 3. The molecular weight excluding hydrogens is 166 g/mol. The van der Waals surface area contributed by atoms with Crippen molar-refractivity contribution in [2.75, 3.05) is 7.11 Å². The Labute approximate surface area is 80.2 Å². The number of carbonyl (C=O) groups is 1. The Morgan fingerprint density at radius 1 is 1.46 bits per heavy atom. The van der Waals surface area contributed by atoms with E-state index < -0.39 is 0 Å². The lowest BCUT2D eigenvalue weighted by Crippen LogP contribution is -2.44. The fraction of sp³-hybridized carbons (Fsp3) is 0.700. The topological polar surface area (TPSA) is 38.3 Å². The van der Waals surface area contributed by atoms with Gasteiger partial charge in [-0.2, -0.15) is 0 Å². The lowest BCUT2D eigenvalue weighted by Gasteiger charge is -2.26. The van der Waals surface area contributed by atoms with E-state index in [1.165, 1.54) is 7.11 Å². The summed E-state index contributed by atoms with van der Waals surface area (Å²) >= 11 is 0. The summed E-state index contributed by atoms with van der Waals surface area (Å²) in [7, 11) is 1.36. The molecule has 0 heterocycles. The Morgan fingerprint density at radius 2 is 1.92 bits per heavy atom. The van der Waals surface area contributed by atoms with Crippen molar-refractivity contribution in [1.82, 2.24) is 5.32 Å². The van der Waals surface area contributed by atoms with Crippen molar-refractivity contribution < 1.29 is 9.53 Å². The van der Waals surface area contributed by atoms with Gasteiger partial charge in [-0.25, -0.2) is 4.79 Å². The van der Waals surface area contributed by atoms with Gasteiger partial charge in [-0.05, 0) is 27.7 Å². The number of esters is 1. The van der Waals surface area contributed by atoms with Gasteiger partial charge in [0.15, 0.2) is 0 Å². The van der Waals surface area contributed by atoms with E-state index in [9.17, 15) is 4.79 Å². The quantitative estimate of drug-likeness (QED) is 0.535. The minimum Gasteiger partial charge on any atom is -0.466 e. The SMILES string of the molecule is C=C(C(=O)OC)C(C)NC(C)(C)C. The van der Waals surface area contributed by atoms with E-state index in [1.54, 1.807) is 0 Å². The van der Waals surface area contributed by atoms with Gasteiger partial charge in [-0.15, -0.1) is 0 Å². The standard InChI is InChI=1S/C10H19NO2/c1-7(9(12)13-6)8(2)11-10(3,4)5/h8,11H,1H2,2-6H3. The van der Waals surface area contributed by atoms with Crippen LogP contribution in [0, 0.1) is 0 Å². The Bertz CT molecular complexity index is 203. The van der Waals surface area contributed by atoms with E-state index in [0.29, 0.717) is 5.57 Å². The highest BCUT2D eigenvalue weighted by Crippen LogP contribution is 2.07. The Morgan fingerprint density at radius 3 is 2.23 bits per heavy atom. The van der Waals surface area contributed by atoms with E-state index >= 15 is 0 Å². The summed E-state index contributed by atoms with van der Waals surface area (Å²) in [4.78, 5) is 11.1. The number of hydrogen-bond donors (Lipinski definition) is 1. The lowest BCUT2D eigenvalue weighted by molar-refractivity contribution is -0.136. The van der Waals surface area contributed by atoms with Crippen molar-refractivity contribution in [3.05, 3.63) is 12.2 Å². The molecule has 0 aromatic heterocycles. The maximum atomic E-state index is 11.1. The molecule has 3 nitrogen and oxygen atoms in total. The zero-order valence-electron chi connectivity index (χ0n) is 9.10. The molecule has 0 radical (unpaired) electrons. The zero-order valence-corrected chi connectivity index (χ0v) is 9.10. The molecule has 0 aliphatic carbocycles. The van der Waals surface area contributed by atoms with Gasteiger partial charge < -0.3 is 10.1 Å². The van der Waals surface area contributed by atoms with Crippen LogP contribution < -0.4 is 5.32 Å². The molecular formula is C10H19NO2. The molecule has 13 heavy (non-hydrogen) atoms. The van der Waals surface area contributed by atoms with E-state index in [0.717, 1.165) is 0 Å². The molecule has 0 bridgehead atoms. The molecule has 0 aliphatic rings. The van der Waals surface area contributed by atoms with E-state index in [-0.39, 0.29) is 17.6 Å². The number of methoxy groups -OCH3 is 1. The average molecular weight is 185 g/mol. The van der Waals surface area contributed by atoms with Crippen LogP contribution in [0.2, 0.25) is 0 Å². The van der Waals surface area contributed by atoms with Crippen LogP contribution in [0.15, 0.2) is 12.2 Å². The molecule has 1 atom stereocenters. The van der Waals surface area contributed by atoms with Gasteiger partial charge in [0.1, 0.15) is 0 Å². The highest BCUT2D eigenvalue weighted by Gasteiger charge is 2.19. The number of ether oxygens (including phenoxy) is 1. The van der Waals surface area contributed by atoms with Gasteiger partial charge in [0.2, 0.25) is 0 Å². The molecule has 0 saturated heterocycles. The smallest absolute Gasteiger partial charge is 0.334 e. The van der Waals surface area contributed by atoms with Gasteiger partial charge in [-0.1, -0.05) is 6.58 Å². The molecule has 0 aromatic rings. The first-order chi connectivity index (χ1) is 5.78. The highest BCUT2D eigenvalue weighted by atomic mass is 16.5. The second-order valence-electron chi connectivity index (χ2n) is 4.13. The maximum absolute atomic E-state index is 11.1. The molecule has 0 aliphatic heterocycles. The van der Waals surface area contributed by atoms with Crippen LogP contribution >= 0.6 is 0 Å². The van der Waals surface area contributed by atoms with Crippen LogP contribution in [0.25, 0.3) is 0 Å². The van der Waals surface area contributed by atoms with E-state index in [2.05, 4.69) is 16.6 Å². The van der Waals surface area contributed by atoms with E-state index in [4.69, 9.17) is 0 Å². The Kier molecular flexibility index (Phi) is 4.14. The summed E-state index contributed by atoms with van der Waals surface area (Å²) in [6, 6.07) is -0.0625. The monoisotopic (exact) mass is 185 g/mol. The summed E-state index contributed by atoms with van der Waals surface area (Å²) in [5.74, 6) is -0.357. The molecule has 0 aromatic carbocycles. The normalized spacial score (nSPS) is 13.6. The largest absolute Gasteiger partial charge is 0.466 e. The number of nitrogens with one attached hydrogen (secondary N) is 1. The fourth-order valence-corrected chi connectivity index (χ4v) is 1.04. The molecule has 0 saturated carbocycles. The van der Waals surface area contributed by atoms with Crippen LogP contribution in [-0.2, 0) is 9.53 Å². The third-order valence-corrected chi connectivity index (χ3v) is 1.62. The van der Waals surface area contributed by atoms with Gasteiger partial charge in [0.25, 0.3) is 0 Å². The van der Waals surface area contributed by atoms with Crippen LogP contribution in [0.1, 0.15) is 27.7 Å². The van der Waals surface area contributed by atoms with Crippen molar-refractivity contribution in [2.24, 2.45) is 0 Å². The second kappa shape index (κ2) is 4.42. The van der Waals surface area contributed by atoms with Crippen molar-refractivity contribution in [2.45, 2.75) is 39.3 Å². The van der Waals surface area contributed by atoms with Gasteiger partial charge >= 0.3 is 5.97 Å². The lowest BCUT2D eigenvalue weighted by atomic mass is 10.0. The Balaban J connectivity index is 4.20. The molecule has 0 rings (SSSR count). The van der Waals surface area contributed by atoms with Gasteiger partial charge in [-0.3, -0.25) is 0 Å². The van der Waals surface area contributed by atoms with Crippen LogP contribution in [0.4, 0.5) is 0 Å².